The number of rotatable bonds is 4. The lowest BCUT2D eigenvalue weighted by Crippen LogP contribution is -2.41. The summed E-state index contributed by atoms with van der Waals surface area (Å²) in [5.41, 5.74) is 2.60. The van der Waals surface area contributed by atoms with Gasteiger partial charge < -0.3 is 14.8 Å². The Kier molecular flexibility index (Phi) is 4.62. The van der Waals surface area contributed by atoms with E-state index in [2.05, 4.69) is 5.32 Å². The van der Waals surface area contributed by atoms with Gasteiger partial charge in [-0.15, -0.1) is 0 Å². The SMILES string of the molecule is C[C@]1(c2ccc3c(c2)OCCO3)NC(=O)N(Cc2ccc(-c3ccccc3)cc2)C1=O. The average molecular weight is 414 g/mol. The van der Waals surface area contributed by atoms with Crippen molar-refractivity contribution in [2.45, 2.75) is 19.0 Å². The van der Waals surface area contributed by atoms with Crippen LogP contribution in [0.5, 0.6) is 11.5 Å². The highest BCUT2D eigenvalue weighted by molar-refractivity contribution is 6.07. The Morgan fingerprint density at radius 3 is 2.29 bits per heavy atom. The summed E-state index contributed by atoms with van der Waals surface area (Å²) in [6.45, 7) is 2.88. The van der Waals surface area contributed by atoms with Gasteiger partial charge in [-0.3, -0.25) is 9.69 Å². The van der Waals surface area contributed by atoms with Crippen LogP contribution >= 0.6 is 0 Å². The molecule has 0 saturated carbocycles. The molecule has 6 heteroatoms. The molecule has 1 fully saturated rings. The zero-order valence-corrected chi connectivity index (χ0v) is 17.1. The molecule has 1 atom stereocenters. The Hall–Kier alpha value is -3.80. The molecule has 3 aromatic carbocycles. The summed E-state index contributed by atoms with van der Waals surface area (Å²) in [6, 6.07) is 22.9. The monoisotopic (exact) mass is 414 g/mol. The topological polar surface area (TPSA) is 67.9 Å². The van der Waals surface area contributed by atoms with Crippen molar-refractivity contribution in [3.05, 3.63) is 83.9 Å². The van der Waals surface area contributed by atoms with Crippen LogP contribution in [0.15, 0.2) is 72.8 Å². The van der Waals surface area contributed by atoms with Crippen molar-refractivity contribution in [3.63, 3.8) is 0 Å². The predicted octanol–water partition coefficient (Wildman–Crippen LogP) is 4.09. The summed E-state index contributed by atoms with van der Waals surface area (Å²) in [6.07, 6.45) is 0. The highest BCUT2D eigenvalue weighted by atomic mass is 16.6. The van der Waals surface area contributed by atoms with Gasteiger partial charge in [0.1, 0.15) is 18.8 Å². The van der Waals surface area contributed by atoms with Crippen LogP contribution in [0, 0.1) is 0 Å². The molecule has 0 spiro atoms. The van der Waals surface area contributed by atoms with Crippen molar-refractivity contribution in [2.24, 2.45) is 0 Å². The van der Waals surface area contributed by atoms with Crippen LogP contribution in [0.1, 0.15) is 18.1 Å². The van der Waals surface area contributed by atoms with E-state index in [0.717, 1.165) is 16.7 Å². The molecule has 31 heavy (non-hydrogen) atoms. The number of hydrogen-bond acceptors (Lipinski definition) is 4. The quantitative estimate of drug-likeness (QED) is 0.653. The molecule has 5 rings (SSSR count). The fourth-order valence-electron chi connectivity index (χ4n) is 4.01. The number of nitrogens with one attached hydrogen (secondary N) is 1. The lowest BCUT2D eigenvalue weighted by Gasteiger charge is -2.25. The zero-order valence-electron chi connectivity index (χ0n) is 17.1. The van der Waals surface area contributed by atoms with Crippen LogP contribution in [0.25, 0.3) is 11.1 Å². The first-order valence-corrected chi connectivity index (χ1v) is 10.2. The highest BCUT2D eigenvalue weighted by Gasteiger charge is 2.49. The van der Waals surface area contributed by atoms with E-state index in [1.54, 1.807) is 25.1 Å². The molecule has 0 bridgehead atoms. The van der Waals surface area contributed by atoms with E-state index in [1.807, 2.05) is 54.6 Å². The summed E-state index contributed by atoms with van der Waals surface area (Å²) >= 11 is 0. The molecule has 2 aliphatic heterocycles. The molecule has 0 aliphatic carbocycles. The van der Waals surface area contributed by atoms with Gasteiger partial charge in [-0.25, -0.2) is 4.79 Å². The Morgan fingerprint density at radius 2 is 1.55 bits per heavy atom. The number of hydrogen-bond donors (Lipinski definition) is 1. The Morgan fingerprint density at radius 1 is 0.871 bits per heavy atom. The van der Waals surface area contributed by atoms with Gasteiger partial charge in [-0.2, -0.15) is 0 Å². The van der Waals surface area contributed by atoms with Gasteiger partial charge in [0.2, 0.25) is 0 Å². The molecule has 0 aromatic heterocycles. The standard InChI is InChI=1S/C25H22N2O4/c1-25(20-11-12-21-22(15-20)31-14-13-30-21)23(28)27(24(29)26-25)16-17-7-9-19(10-8-17)18-5-3-2-4-6-18/h2-12,15H,13-14,16H2,1H3,(H,26,29)/t25-/m1/s1. The fraction of sp³-hybridized carbons (Fsp3) is 0.200. The lowest BCUT2D eigenvalue weighted by molar-refractivity contribution is -0.131. The maximum absolute atomic E-state index is 13.3. The Balaban J connectivity index is 1.37. The smallest absolute Gasteiger partial charge is 0.325 e. The second-order valence-electron chi connectivity index (χ2n) is 7.87. The first-order chi connectivity index (χ1) is 15.0. The largest absolute Gasteiger partial charge is 0.486 e. The summed E-state index contributed by atoms with van der Waals surface area (Å²) in [4.78, 5) is 27.2. The number of fused-ring (bicyclic) bond motifs is 1. The van der Waals surface area contributed by atoms with Crippen molar-refractivity contribution in [1.82, 2.24) is 10.2 Å². The summed E-state index contributed by atoms with van der Waals surface area (Å²) in [5.74, 6) is 0.939. The molecule has 1 N–H and O–H groups in total. The minimum Gasteiger partial charge on any atom is -0.486 e. The van der Waals surface area contributed by atoms with Crippen molar-refractivity contribution >= 4 is 11.9 Å². The second kappa shape index (κ2) is 7.47. The van der Waals surface area contributed by atoms with Crippen LogP contribution in [0.4, 0.5) is 4.79 Å². The van der Waals surface area contributed by atoms with E-state index in [-0.39, 0.29) is 12.5 Å². The van der Waals surface area contributed by atoms with E-state index in [4.69, 9.17) is 9.47 Å². The zero-order chi connectivity index (χ0) is 21.4. The normalized spacial score (nSPS) is 20.0. The molecule has 1 saturated heterocycles. The predicted molar refractivity (Wildman–Crippen MR) is 116 cm³/mol. The number of carbonyl (C=O) groups is 2. The average Bonchev–Trinajstić information content (AvgIpc) is 3.03. The van der Waals surface area contributed by atoms with Crippen LogP contribution < -0.4 is 14.8 Å². The molecule has 6 nitrogen and oxygen atoms in total. The lowest BCUT2D eigenvalue weighted by atomic mass is 9.91. The van der Waals surface area contributed by atoms with Gasteiger partial charge in [0, 0.05) is 0 Å². The summed E-state index contributed by atoms with van der Waals surface area (Å²) in [7, 11) is 0. The molecule has 0 radical (unpaired) electrons. The minimum absolute atomic E-state index is 0.208. The molecule has 2 aliphatic rings. The molecular formula is C25H22N2O4. The van der Waals surface area contributed by atoms with Crippen molar-refractivity contribution in [3.8, 4) is 22.6 Å². The van der Waals surface area contributed by atoms with E-state index >= 15 is 0 Å². The molecule has 2 heterocycles. The van der Waals surface area contributed by atoms with Gasteiger partial charge >= 0.3 is 6.03 Å². The van der Waals surface area contributed by atoms with Crippen LogP contribution in [-0.2, 0) is 16.9 Å². The molecule has 0 unspecified atom stereocenters. The Bertz CT molecular complexity index is 1140. The van der Waals surface area contributed by atoms with E-state index in [1.165, 1.54) is 4.90 Å². The molecule has 3 amide bonds. The van der Waals surface area contributed by atoms with Crippen LogP contribution in [-0.4, -0.2) is 30.1 Å². The maximum Gasteiger partial charge on any atom is 0.325 e. The van der Waals surface area contributed by atoms with E-state index in [0.29, 0.717) is 30.3 Å². The van der Waals surface area contributed by atoms with Crippen molar-refractivity contribution in [1.29, 1.82) is 0 Å². The van der Waals surface area contributed by atoms with Crippen LogP contribution in [0.2, 0.25) is 0 Å². The van der Waals surface area contributed by atoms with Crippen molar-refractivity contribution < 1.29 is 19.1 Å². The van der Waals surface area contributed by atoms with Gasteiger partial charge in [-0.1, -0.05) is 60.7 Å². The third kappa shape index (κ3) is 3.40. The van der Waals surface area contributed by atoms with E-state index < -0.39 is 11.6 Å². The number of urea groups is 1. The number of carbonyl (C=O) groups excluding carboxylic acids is 2. The number of amides is 3. The minimum atomic E-state index is -1.16. The number of imide groups is 1. The fourth-order valence-corrected chi connectivity index (χ4v) is 4.01. The molecular weight excluding hydrogens is 392 g/mol. The molecule has 3 aromatic rings. The third-order valence-corrected chi connectivity index (χ3v) is 5.80. The molecule has 156 valence electrons. The van der Waals surface area contributed by atoms with Gasteiger partial charge in [-0.05, 0) is 41.3 Å². The van der Waals surface area contributed by atoms with Crippen molar-refractivity contribution in [2.75, 3.05) is 13.2 Å². The number of ether oxygens (including phenoxy) is 2. The number of nitrogens with zero attached hydrogens (tertiary/aromatic N) is 1. The Labute approximate surface area is 180 Å². The first-order valence-electron chi connectivity index (χ1n) is 10.2. The summed E-state index contributed by atoms with van der Waals surface area (Å²) in [5, 5.41) is 2.85. The first kappa shape index (κ1) is 19.2. The number of benzene rings is 3. The maximum atomic E-state index is 13.3. The van der Waals surface area contributed by atoms with Crippen LogP contribution in [0.3, 0.4) is 0 Å². The van der Waals surface area contributed by atoms with E-state index in [9.17, 15) is 9.59 Å². The summed E-state index contributed by atoms with van der Waals surface area (Å²) < 4.78 is 11.2. The van der Waals surface area contributed by atoms with Gasteiger partial charge in [0.15, 0.2) is 11.5 Å². The second-order valence-corrected chi connectivity index (χ2v) is 7.87. The van der Waals surface area contributed by atoms with Gasteiger partial charge in [0.25, 0.3) is 5.91 Å². The van der Waals surface area contributed by atoms with Gasteiger partial charge in [0.05, 0.1) is 6.54 Å². The highest BCUT2D eigenvalue weighted by Crippen LogP contribution is 2.37. The third-order valence-electron chi connectivity index (χ3n) is 5.80.